The number of amides is 1. The van der Waals surface area contributed by atoms with E-state index in [0.717, 1.165) is 23.6 Å². The highest BCUT2D eigenvalue weighted by Crippen LogP contribution is 2.33. The van der Waals surface area contributed by atoms with E-state index in [9.17, 15) is 4.79 Å². The van der Waals surface area contributed by atoms with Gasteiger partial charge >= 0.3 is 0 Å². The Labute approximate surface area is 167 Å². The molecule has 3 aromatic rings. The van der Waals surface area contributed by atoms with Gasteiger partial charge in [-0.15, -0.1) is 0 Å². The van der Waals surface area contributed by atoms with Gasteiger partial charge in [0.2, 0.25) is 0 Å². The zero-order valence-corrected chi connectivity index (χ0v) is 16.9. The van der Waals surface area contributed by atoms with Crippen molar-refractivity contribution in [2.24, 2.45) is 0 Å². The molecule has 27 heavy (non-hydrogen) atoms. The van der Waals surface area contributed by atoms with E-state index in [4.69, 9.17) is 16.3 Å². The second-order valence-corrected chi connectivity index (χ2v) is 8.31. The van der Waals surface area contributed by atoms with Crippen LogP contribution in [0.25, 0.3) is 10.2 Å². The fourth-order valence-electron chi connectivity index (χ4n) is 3.41. The quantitative estimate of drug-likeness (QED) is 0.603. The highest BCUT2D eigenvalue weighted by atomic mass is 35.5. The average Bonchev–Trinajstić information content (AvgIpc) is 3.10. The third-order valence-corrected chi connectivity index (χ3v) is 6.43. The Bertz CT molecular complexity index is 954. The van der Waals surface area contributed by atoms with Crippen LogP contribution in [0.3, 0.4) is 0 Å². The predicted molar refractivity (Wildman–Crippen MR) is 110 cm³/mol. The maximum atomic E-state index is 12.7. The van der Waals surface area contributed by atoms with Crippen molar-refractivity contribution in [1.82, 2.24) is 9.88 Å². The Morgan fingerprint density at radius 2 is 1.85 bits per heavy atom. The highest BCUT2D eigenvalue weighted by molar-refractivity contribution is 7.20. The monoisotopic (exact) mass is 400 g/mol. The highest BCUT2D eigenvalue weighted by Gasteiger charge is 2.26. The number of fused-ring (bicyclic) bond motifs is 1. The van der Waals surface area contributed by atoms with E-state index in [1.807, 2.05) is 17.0 Å². The summed E-state index contributed by atoms with van der Waals surface area (Å²) in [6.45, 7) is 5.50. The van der Waals surface area contributed by atoms with Crippen LogP contribution in [0.4, 0.5) is 0 Å². The van der Waals surface area contributed by atoms with Crippen LogP contribution in [-0.2, 0) is 0 Å². The zero-order valence-electron chi connectivity index (χ0n) is 15.4. The molecule has 4 rings (SSSR count). The first kappa shape index (κ1) is 18.3. The van der Waals surface area contributed by atoms with Crippen molar-refractivity contribution in [2.75, 3.05) is 13.1 Å². The lowest BCUT2D eigenvalue weighted by Crippen LogP contribution is -2.41. The normalized spacial score (nSPS) is 15.3. The van der Waals surface area contributed by atoms with Crippen LogP contribution < -0.4 is 4.74 Å². The third-order valence-electron chi connectivity index (χ3n) is 5.02. The minimum absolute atomic E-state index is 0.00899. The molecule has 0 unspecified atom stereocenters. The lowest BCUT2D eigenvalue weighted by atomic mass is 10.1. The van der Waals surface area contributed by atoms with Crippen molar-refractivity contribution in [3.63, 3.8) is 0 Å². The molecule has 4 nitrogen and oxygen atoms in total. The SMILES string of the molecule is Cc1ccc(C)c2sc(OC3CCN(C(=O)c4ccccc4Cl)CC3)nc12. The van der Waals surface area contributed by atoms with Gasteiger partial charge in [-0.2, -0.15) is 0 Å². The summed E-state index contributed by atoms with van der Waals surface area (Å²) in [5.41, 5.74) is 3.99. The summed E-state index contributed by atoms with van der Waals surface area (Å²) in [4.78, 5) is 19.2. The van der Waals surface area contributed by atoms with Gasteiger partial charge in [0.15, 0.2) is 0 Å². The van der Waals surface area contributed by atoms with Gasteiger partial charge in [-0.1, -0.05) is 47.2 Å². The van der Waals surface area contributed by atoms with Gasteiger partial charge in [0.25, 0.3) is 11.1 Å². The third kappa shape index (κ3) is 3.66. The summed E-state index contributed by atoms with van der Waals surface area (Å²) in [6.07, 6.45) is 1.68. The molecule has 0 spiro atoms. The first-order valence-electron chi connectivity index (χ1n) is 9.10. The van der Waals surface area contributed by atoms with Gasteiger partial charge in [-0.25, -0.2) is 4.98 Å². The Morgan fingerprint density at radius 3 is 2.56 bits per heavy atom. The molecular weight excluding hydrogens is 380 g/mol. The number of benzene rings is 2. The van der Waals surface area contributed by atoms with Crippen molar-refractivity contribution in [1.29, 1.82) is 0 Å². The number of carbonyl (C=O) groups is 1. The number of thiazole rings is 1. The molecule has 0 N–H and O–H groups in total. The van der Waals surface area contributed by atoms with Crippen LogP contribution >= 0.6 is 22.9 Å². The summed E-state index contributed by atoms with van der Waals surface area (Å²) < 4.78 is 7.34. The maximum absolute atomic E-state index is 12.7. The van der Waals surface area contributed by atoms with Crippen LogP contribution in [0, 0.1) is 13.8 Å². The van der Waals surface area contributed by atoms with Crippen LogP contribution in [0.5, 0.6) is 5.19 Å². The smallest absolute Gasteiger partial charge is 0.274 e. The van der Waals surface area contributed by atoms with Gasteiger partial charge in [0.1, 0.15) is 6.10 Å². The van der Waals surface area contributed by atoms with E-state index >= 15 is 0 Å². The topological polar surface area (TPSA) is 42.4 Å². The van der Waals surface area contributed by atoms with Crippen molar-refractivity contribution in [3.8, 4) is 5.19 Å². The Balaban J connectivity index is 1.41. The molecule has 1 aliphatic heterocycles. The summed E-state index contributed by atoms with van der Waals surface area (Å²) in [6, 6.07) is 11.4. The summed E-state index contributed by atoms with van der Waals surface area (Å²) in [7, 11) is 0. The molecule has 0 aliphatic carbocycles. The second-order valence-electron chi connectivity index (χ2n) is 6.95. The molecule has 0 radical (unpaired) electrons. The molecule has 2 heterocycles. The number of piperidine rings is 1. The summed E-state index contributed by atoms with van der Waals surface area (Å²) >= 11 is 7.77. The van der Waals surface area contributed by atoms with Gasteiger partial charge in [-0.05, 0) is 37.1 Å². The standard InChI is InChI=1S/C21H21ClN2O2S/c1-13-7-8-14(2)19-18(13)23-21(27-19)26-15-9-11-24(12-10-15)20(25)16-5-3-4-6-17(16)22/h3-8,15H,9-12H2,1-2H3. The minimum Gasteiger partial charge on any atom is -0.467 e. The van der Waals surface area contributed by atoms with Gasteiger partial charge < -0.3 is 9.64 Å². The first-order chi connectivity index (χ1) is 13.0. The fourth-order valence-corrected chi connectivity index (χ4v) is 4.66. The molecule has 1 saturated heterocycles. The number of nitrogens with zero attached hydrogens (tertiary/aromatic N) is 2. The second kappa shape index (κ2) is 7.49. The minimum atomic E-state index is -0.00899. The first-order valence-corrected chi connectivity index (χ1v) is 10.3. The molecule has 140 valence electrons. The number of aromatic nitrogens is 1. The van der Waals surface area contributed by atoms with Crippen molar-refractivity contribution >= 4 is 39.1 Å². The largest absolute Gasteiger partial charge is 0.467 e. The number of carbonyl (C=O) groups excluding carboxylic acids is 1. The Morgan fingerprint density at radius 1 is 1.15 bits per heavy atom. The molecule has 6 heteroatoms. The van der Waals surface area contributed by atoms with E-state index in [1.165, 1.54) is 15.8 Å². The molecule has 1 fully saturated rings. The van der Waals surface area contributed by atoms with E-state index in [-0.39, 0.29) is 12.0 Å². The lowest BCUT2D eigenvalue weighted by Gasteiger charge is -2.31. The number of ether oxygens (including phenoxy) is 1. The average molecular weight is 401 g/mol. The van der Waals surface area contributed by atoms with E-state index in [1.54, 1.807) is 23.5 Å². The lowest BCUT2D eigenvalue weighted by molar-refractivity contribution is 0.0595. The maximum Gasteiger partial charge on any atom is 0.274 e. The Kier molecular flexibility index (Phi) is 5.06. The van der Waals surface area contributed by atoms with E-state index in [2.05, 4.69) is 31.0 Å². The summed E-state index contributed by atoms with van der Waals surface area (Å²) in [5.74, 6) is -0.00899. The van der Waals surface area contributed by atoms with Crippen LogP contribution in [0.15, 0.2) is 36.4 Å². The van der Waals surface area contributed by atoms with Crippen molar-refractivity contribution < 1.29 is 9.53 Å². The van der Waals surface area contributed by atoms with Crippen molar-refractivity contribution in [3.05, 3.63) is 58.1 Å². The van der Waals surface area contributed by atoms with Crippen LogP contribution in [0.1, 0.15) is 34.3 Å². The van der Waals surface area contributed by atoms with Crippen LogP contribution in [-0.4, -0.2) is 35.0 Å². The Hall–Kier alpha value is -2.11. The molecule has 0 atom stereocenters. The molecule has 2 aromatic carbocycles. The van der Waals surface area contributed by atoms with Crippen LogP contribution in [0.2, 0.25) is 5.02 Å². The van der Waals surface area contributed by atoms with Crippen molar-refractivity contribution in [2.45, 2.75) is 32.8 Å². The predicted octanol–water partition coefficient (Wildman–Crippen LogP) is 5.25. The molecule has 0 bridgehead atoms. The molecular formula is C21H21ClN2O2S. The number of halogens is 1. The molecule has 1 aliphatic rings. The molecule has 0 saturated carbocycles. The van der Waals surface area contributed by atoms with E-state index < -0.39 is 0 Å². The summed E-state index contributed by atoms with van der Waals surface area (Å²) in [5, 5.41) is 1.22. The fraction of sp³-hybridized carbons (Fsp3) is 0.333. The van der Waals surface area contributed by atoms with Gasteiger partial charge in [-0.3, -0.25) is 4.79 Å². The molecule has 1 aromatic heterocycles. The van der Waals surface area contributed by atoms with E-state index in [0.29, 0.717) is 23.7 Å². The van der Waals surface area contributed by atoms with Gasteiger partial charge in [0.05, 0.1) is 20.8 Å². The number of hydrogen-bond acceptors (Lipinski definition) is 4. The number of aryl methyl sites for hydroxylation is 2. The number of likely N-dealkylation sites (tertiary alicyclic amines) is 1. The van der Waals surface area contributed by atoms with Gasteiger partial charge in [0, 0.05) is 25.9 Å². The zero-order chi connectivity index (χ0) is 19.0. The number of hydrogen-bond donors (Lipinski definition) is 0. The number of rotatable bonds is 3. The molecule has 1 amide bonds.